The molecule has 106 valence electrons. The molecule has 1 unspecified atom stereocenters. The highest BCUT2D eigenvalue weighted by Crippen LogP contribution is 2.12. The van der Waals surface area contributed by atoms with Gasteiger partial charge in [-0.15, -0.1) is 0 Å². The van der Waals surface area contributed by atoms with E-state index in [1.54, 1.807) is 0 Å². The Morgan fingerprint density at radius 1 is 1.37 bits per heavy atom. The van der Waals surface area contributed by atoms with Crippen molar-refractivity contribution in [1.29, 1.82) is 0 Å². The normalized spacial score (nSPS) is 12.3. The Hall–Kier alpha value is -1.35. The molecule has 0 heterocycles. The lowest BCUT2D eigenvalue weighted by molar-refractivity contribution is -0.130. The summed E-state index contributed by atoms with van der Waals surface area (Å²) in [6.45, 7) is 7.56. The zero-order chi connectivity index (χ0) is 14.4. The quantitative estimate of drug-likeness (QED) is 0.855. The van der Waals surface area contributed by atoms with Crippen molar-refractivity contribution in [3.8, 4) is 0 Å². The summed E-state index contributed by atoms with van der Waals surface area (Å²) >= 11 is 0. The van der Waals surface area contributed by atoms with Crippen LogP contribution >= 0.6 is 0 Å². The van der Waals surface area contributed by atoms with E-state index in [9.17, 15) is 4.79 Å². The Balaban J connectivity index is 2.49. The van der Waals surface area contributed by atoms with Crippen molar-refractivity contribution in [1.82, 2.24) is 4.90 Å². The number of benzene rings is 1. The van der Waals surface area contributed by atoms with Gasteiger partial charge in [-0.25, -0.2) is 0 Å². The number of likely N-dealkylation sites (N-methyl/N-ethyl adjacent to an activating group) is 1. The SMILES string of the molecule is Cc1ccc(CCN(C)C(=O)CC(C)CN)c(C)c1. The first-order chi connectivity index (χ1) is 8.93. The van der Waals surface area contributed by atoms with Crippen LogP contribution < -0.4 is 5.73 Å². The Morgan fingerprint density at radius 2 is 2.05 bits per heavy atom. The molecule has 0 aliphatic carbocycles. The van der Waals surface area contributed by atoms with Crippen LogP contribution in [-0.2, 0) is 11.2 Å². The zero-order valence-electron chi connectivity index (χ0n) is 12.6. The number of amides is 1. The maximum Gasteiger partial charge on any atom is 0.222 e. The van der Waals surface area contributed by atoms with Crippen molar-refractivity contribution < 1.29 is 4.79 Å². The average molecular weight is 262 g/mol. The van der Waals surface area contributed by atoms with E-state index in [1.165, 1.54) is 16.7 Å². The monoisotopic (exact) mass is 262 g/mol. The van der Waals surface area contributed by atoms with Gasteiger partial charge in [0, 0.05) is 20.0 Å². The van der Waals surface area contributed by atoms with Crippen LogP contribution in [0.15, 0.2) is 18.2 Å². The second-order valence-electron chi connectivity index (χ2n) is 5.54. The molecule has 3 heteroatoms. The van der Waals surface area contributed by atoms with Crippen LogP contribution in [-0.4, -0.2) is 30.9 Å². The van der Waals surface area contributed by atoms with Gasteiger partial charge in [-0.05, 0) is 43.9 Å². The standard InChI is InChI=1S/C16H26N2O/c1-12-5-6-15(14(3)9-12)7-8-18(4)16(19)10-13(2)11-17/h5-6,9,13H,7-8,10-11,17H2,1-4H3. The average Bonchev–Trinajstić information content (AvgIpc) is 2.37. The molecule has 0 saturated carbocycles. The molecule has 2 N–H and O–H groups in total. The van der Waals surface area contributed by atoms with Crippen molar-refractivity contribution in [2.75, 3.05) is 20.1 Å². The smallest absolute Gasteiger partial charge is 0.222 e. The molecular formula is C16H26N2O. The molecule has 0 bridgehead atoms. The van der Waals surface area contributed by atoms with Crippen LogP contribution in [0.1, 0.15) is 30.0 Å². The van der Waals surface area contributed by atoms with E-state index in [0.29, 0.717) is 13.0 Å². The van der Waals surface area contributed by atoms with E-state index >= 15 is 0 Å². The number of carbonyl (C=O) groups excluding carboxylic acids is 1. The van der Waals surface area contributed by atoms with Gasteiger partial charge in [0.1, 0.15) is 0 Å². The van der Waals surface area contributed by atoms with Crippen LogP contribution in [0.5, 0.6) is 0 Å². The molecule has 1 aromatic rings. The first-order valence-corrected chi connectivity index (χ1v) is 6.94. The van der Waals surface area contributed by atoms with Gasteiger partial charge in [-0.2, -0.15) is 0 Å². The van der Waals surface area contributed by atoms with Crippen LogP contribution in [0.2, 0.25) is 0 Å². The predicted molar refractivity (Wildman–Crippen MR) is 80.1 cm³/mol. The minimum absolute atomic E-state index is 0.183. The van der Waals surface area contributed by atoms with E-state index in [-0.39, 0.29) is 11.8 Å². The van der Waals surface area contributed by atoms with Crippen LogP contribution in [0.4, 0.5) is 0 Å². The lowest BCUT2D eigenvalue weighted by atomic mass is 10.0. The van der Waals surface area contributed by atoms with E-state index in [1.807, 2.05) is 18.9 Å². The number of hydrogen-bond acceptors (Lipinski definition) is 2. The van der Waals surface area contributed by atoms with E-state index < -0.39 is 0 Å². The molecule has 3 nitrogen and oxygen atoms in total. The lowest BCUT2D eigenvalue weighted by Crippen LogP contribution is -2.31. The highest BCUT2D eigenvalue weighted by Gasteiger charge is 2.12. The molecule has 0 radical (unpaired) electrons. The minimum Gasteiger partial charge on any atom is -0.345 e. The molecular weight excluding hydrogens is 236 g/mol. The van der Waals surface area contributed by atoms with E-state index in [2.05, 4.69) is 32.0 Å². The third kappa shape index (κ3) is 5.03. The second-order valence-corrected chi connectivity index (χ2v) is 5.54. The topological polar surface area (TPSA) is 46.3 Å². The summed E-state index contributed by atoms with van der Waals surface area (Å²) in [7, 11) is 1.87. The fourth-order valence-corrected chi connectivity index (χ4v) is 2.08. The van der Waals surface area contributed by atoms with Crippen LogP contribution in [0.3, 0.4) is 0 Å². The molecule has 0 aliphatic heterocycles. The highest BCUT2D eigenvalue weighted by molar-refractivity contribution is 5.76. The van der Waals surface area contributed by atoms with E-state index in [0.717, 1.165) is 13.0 Å². The minimum atomic E-state index is 0.183. The lowest BCUT2D eigenvalue weighted by Gasteiger charge is -2.19. The number of nitrogens with two attached hydrogens (primary N) is 1. The largest absolute Gasteiger partial charge is 0.345 e. The highest BCUT2D eigenvalue weighted by atomic mass is 16.2. The third-order valence-corrected chi connectivity index (χ3v) is 3.57. The molecule has 1 amide bonds. The summed E-state index contributed by atoms with van der Waals surface area (Å²) in [6, 6.07) is 6.47. The zero-order valence-corrected chi connectivity index (χ0v) is 12.6. The Labute approximate surface area is 116 Å². The fraction of sp³-hybridized carbons (Fsp3) is 0.562. The Kier molecular flexibility index (Phi) is 6.03. The van der Waals surface area contributed by atoms with Crippen LogP contribution in [0.25, 0.3) is 0 Å². The van der Waals surface area contributed by atoms with Gasteiger partial charge in [0.2, 0.25) is 5.91 Å². The number of rotatable bonds is 6. The number of hydrogen-bond donors (Lipinski definition) is 1. The summed E-state index contributed by atoms with van der Waals surface area (Å²) in [5, 5.41) is 0. The molecule has 0 saturated heterocycles. The van der Waals surface area contributed by atoms with Gasteiger partial charge in [0.05, 0.1) is 0 Å². The first kappa shape index (κ1) is 15.7. The number of aryl methyl sites for hydroxylation is 2. The number of nitrogens with zero attached hydrogens (tertiary/aromatic N) is 1. The molecule has 19 heavy (non-hydrogen) atoms. The molecule has 0 aromatic heterocycles. The first-order valence-electron chi connectivity index (χ1n) is 6.94. The van der Waals surface area contributed by atoms with Crippen LogP contribution in [0, 0.1) is 19.8 Å². The van der Waals surface area contributed by atoms with Crippen molar-refractivity contribution in [3.05, 3.63) is 34.9 Å². The Bertz CT molecular complexity index is 429. The molecule has 0 aliphatic rings. The number of carbonyl (C=O) groups is 1. The summed E-state index contributed by atoms with van der Waals surface area (Å²) < 4.78 is 0. The van der Waals surface area contributed by atoms with Gasteiger partial charge in [0.25, 0.3) is 0 Å². The maximum absolute atomic E-state index is 11.9. The summed E-state index contributed by atoms with van der Waals surface area (Å²) in [5.74, 6) is 0.443. The van der Waals surface area contributed by atoms with Crippen molar-refractivity contribution in [2.45, 2.75) is 33.6 Å². The molecule has 0 fully saturated rings. The van der Waals surface area contributed by atoms with Gasteiger partial charge >= 0.3 is 0 Å². The molecule has 0 spiro atoms. The van der Waals surface area contributed by atoms with Crippen molar-refractivity contribution >= 4 is 5.91 Å². The summed E-state index contributed by atoms with van der Waals surface area (Å²) in [4.78, 5) is 13.8. The molecule has 1 rings (SSSR count). The maximum atomic E-state index is 11.9. The fourth-order valence-electron chi connectivity index (χ4n) is 2.08. The van der Waals surface area contributed by atoms with Gasteiger partial charge in [-0.1, -0.05) is 30.7 Å². The second kappa shape index (κ2) is 7.29. The van der Waals surface area contributed by atoms with Gasteiger partial charge in [-0.3, -0.25) is 4.79 Å². The molecule has 1 atom stereocenters. The Morgan fingerprint density at radius 3 is 2.63 bits per heavy atom. The summed E-state index contributed by atoms with van der Waals surface area (Å²) in [6.07, 6.45) is 1.45. The van der Waals surface area contributed by atoms with Gasteiger partial charge < -0.3 is 10.6 Å². The van der Waals surface area contributed by atoms with Crippen molar-refractivity contribution in [2.24, 2.45) is 11.7 Å². The van der Waals surface area contributed by atoms with E-state index in [4.69, 9.17) is 5.73 Å². The van der Waals surface area contributed by atoms with Gasteiger partial charge in [0.15, 0.2) is 0 Å². The molecule has 1 aromatic carbocycles. The third-order valence-electron chi connectivity index (χ3n) is 3.57. The summed E-state index contributed by atoms with van der Waals surface area (Å²) in [5.41, 5.74) is 9.45. The predicted octanol–water partition coefficient (Wildman–Crippen LogP) is 2.29. The van der Waals surface area contributed by atoms with Crippen molar-refractivity contribution in [3.63, 3.8) is 0 Å².